The van der Waals surface area contributed by atoms with Gasteiger partial charge in [-0.1, -0.05) is 25.5 Å². The third-order valence-corrected chi connectivity index (χ3v) is 3.87. The molecular weight excluding hydrogens is 236 g/mol. The standard InChI is InChI=1S/C16H26N2O/c1-3-13-7-8-16(19-2)14(10-13)11-17-12-15-6-4-5-9-18-15/h7-8,10,15,17-18H,3-6,9,11-12H2,1-2H3. The molecule has 3 nitrogen and oxygen atoms in total. The zero-order valence-electron chi connectivity index (χ0n) is 12.2. The number of methoxy groups -OCH3 is 1. The topological polar surface area (TPSA) is 33.3 Å². The van der Waals surface area contributed by atoms with Gasteiger partial charge in [-0.05, 0) is 37.4 Å². The molecule has 2 N–H and O–H groups in total. The molecule has 1 aromatic rings. The van der Waals surface area contributed by atoms with Crippen LogP contribution in [0.3, 0.4) is 0 Å². The van der Waals surface area contributed by atoms with Crippen LogP contribution in [0, 0.1) is 0 Å². The van der Waals surface area contributed by atoms with Gasteiger partial charge in [0.15, 0.2) is 0 Å². The summed E-state index contributed by atoms with van der Waals surface area (Å²) in [6.07, 6.45) is 5.04. The highest BCUT2D eigenvalue weighted by Gasteiger charge is 2.12. The maximum Gasteiger partial charge on any atom is 0.123 e. The summed E-state index contributed by atoms with van der Waals surface area (Å²) in [5.74, 6) is 0.987. The Morgan fingerprint density at radius 1 is 1.37 bits per heavy atom. The molecule has 1 heterocycles. The van der Waals surface area contributed by atoms with Crippen LogP contribution in [0.5, 0.6) is 5.75 Å². The second kappa shape index (κ2) is 7.51. The van der Waals surface area contributed by atoms with Gasteiger partial charge in [0.2, 0.25) is 0 Å². The highest BCUT2D eigenvalue weighted by atomic mass is 16.5. The van der Waals surface area contributed by atoms with E-state index in [0.717, 1.165) is 25.3 Å². The number of ether oxygens (including phenoxy) is 1. The second-order valence-electron chi connectivity index (χ2n) is 5.28. The van der Waals surface area contributed by atoms with Gasteiger partial charge in [0.1, 0.15) is 5.75 Å². The van der Waals surface area contributed by atoms with Gasteiger partial charge in [-0.3, -0.25) is 0 Å². The Morgan fingerprint density at radius 3 is 2.95 bits per heavy atom. The molecule has 0 bridgehead atoms. The Labute approximate surface area is 116 Å². The summed E-state index contributed by atoms with van der Waals surface area (Å²) in [4.78, 5) is 0. The molecule has 0 aliphatic carbocycles. The molecule has 1 unspecified atom stereocenters. The fourth-order valence-corrected chi connectivity index (χ4v) is 2.67. The first kappa shape index (κ1) is 14.4. The summed E-state index contributed by atoms with van der Waals surface area (Å²) < 4.78 is 5.43. The van der Waals surface area contributed by atoms with Gasteiger partial charge in [-0.2, -0.15) is 0 Å². The summed E-state index contributed by atoms with van der Waals surface area (Å²) in [6.45, 7) is 5.28. The van der Waals surface area contributed by atoms with E-state index in [9.17, 15) is 0 Å². The zero-order valence-corrected chi connectivity index (χ0v) is 12.2. The molecule has 1 aliphatic heterocycles. The molecule has 0 aromatic heterocycles. The second-order valence-corrected chi connectivity index (χ2v) is 5.28. The highest BCUT2D eigenvalue weighted by Crippen LogP contribution is 2.20. The van der Waals surface area contributed by atoms with Crippen molar-refractivity contribution in [2.75, 3.05) is 20.2 Å². The van der Waals surface area contributed by atoms with Crippen molar-refractivity contribution >= 4 is 0 Å². The molecule has 106 valence electrons. The minimum Gasteiger partial charge on any atom is -0.496 e. The van der Waals surface area contributed by atoms with Crippen LogP contribution >= 0.6 is 0 Å². The lowest BCUT2D eigenvalue weighted by Crippen LogP contribution is -2.41. The SMILES string of the molecule is CCc1ccc(OC)c(CNCC2CCCCN2)c1. The summed E-state index contributed by atoms with van der Waals surface area (Å²) in [6, 6.07) is 7.11. The molecule has 19 heavy (non-hydrogen) atoms. The predicted molar refractivity (Wildman–Crippen MR) is 79.7 cm³/mol. The minimum atomic E-state index is 0.633. The van der Waals surface area contributed by atoms with Crippen LogP contribution in [-0.2, 0) is 13.0 Å². The Morgan fingerprint density at radius 2 is 2.26 bits per heavy atom. The van der Waals surface area contributed by atoms with E-state index in [1.807, 2.05) is 0 Å². The number of benzene rings is 1. The van der Waals surface area contributed by atoms with E-state index in [1.165, 1.54) is 36.9 Å². The van der Waals surface area contributed by atoms with Crippen LogP contribution in [0.1, 0.15) is 37.3 Å². The molecule has 3 heteroatoms. The van der Waals surface area contributed by atoms with Gasteiger partial charge in [0, 0.05) is 24.7 Å². The maximum atomic E-state index is 5.43. The Bertz CT molecular complexity index is 386. The van der Waals surface area contributed by atoms with Gasteiger partial charge in [-0.15, -0.1) is 0 Å². The lowest BCUT2D eigenvalue weighted by atomic mass is 10.0. The number of piperidine rings is 1. The number of rotatable bonds is 6. The normalized spacial score (nSPS) is 19.4. The van der Waals surface area contributed by atoms with E-state index in [1.54, 1.807) is 7.11 Å². The van der Waals surface area contributed by atoms with Crippen LogP contribution in [0.4, 0.5) is 0 Å². The molecule has 1 fully saturated rings. The van der Waals surface area contributed by atoms with Crippen molar-refractivity contribution in [1.29, 1.82) is 0 Å². The van der Waals surface area contributed by atoms with E-state index in [2.05, 4.69) is 35.8 Å². The van der Waals surface area contributed by atoms with Crippen LogP contribution in [0.2, 0.25) is 0 Å². The molecule has 0 spiro atoms. The predicted octanol–water partition coefficient (Wildman–Crippen LogP) is 2.49. The molecule has 0 radical (unpaired) electrons. The van der Waals surface area contributed by atoms with E-state index in [-0.39, 0.29) is 0 Å². The Kier molecular flexibility index (Phi) is 5.67. The summed E-state index contributed by atoms with van der Waals surface area (Å²) in [7, 11) is 1.74. The van der Waals surface area contributed by atoms with Crippen LogP contribution in [-0.4, -0.2) is 26.2 Å². The van der Waals surface area contributed by atoms with Crippen molar-refractivity contribution in [3.8, 4) is 5.75 Å². The first-order chi connectivity index (χ1) is 9.33. The van der Waals surface area contributed by atoms with Crippen molar-refractivity contribution in [3.05, 3.63) is 29.3 Å². The molecular formula is C16H26N2O. The highest BCUT2D eigenvalue weighted by molar-refractivity contribution is 5.37. The molecule has 1 atom stereocenters. The summed E-state index contributed by atoms with van der Waals surface area (Å²) in [5.41, 5.74) is 2.63. The summed E-state index contributed by atoms with van der Waals surface area (Å²) in [5, 5.41) is 7.12. The van der Waals surface area contributed by atoms with Crippen molar-refractivity contribution in [2.45, 2.75) is 45.2 Å². The number of hydrogen-bond donors (Lipinski definition) is 2. The number of hydrogen-bond acceptors (Lipinski definition) is 3. The minimum absolute atomic E-state index is 0.633. The largest absolute Gasteiger partial charge is 0.496 e. The number of aryl methyl sites for hydroxylation is 1. The van der Waals surface area contributed by atoms with E-state index in [0.29, 0.717) is 6.04 Å². The van der Waals surface area contributed by atoms with Gasteiger partial charge in [-0.25, -0.2) is 0 Å². The van der Waals surface area contributed by atoms with Crippen molar-refractivity contribution in [3.63, 3.8) is 0 Å². The Balaban J connectivity index is 1.86. The summed E-state index contributed by atoms with van der Waals surface area (Å²) >= 11 is 0. The van der Waals surface area contributed by atoms with E-state index < -0.39 is 0 Å². The fourth-order valence-electron chi connectivity index (χ4n) is 2.67. The van der Waals surface area contributed by atoms with Gasteiger partial charge in [0.25, 0.3) is 0 Å². The first-order valence-corrected chi connectivity index (χ1v) is 7.43. The Hall–Kier alpha value is -1.06. The smallest absolute Gasteiger partial charge is 0.123 e. The lowest BCUT2D eigenvalue weighted by molar-refractivity contribution is 0.378. The molecule has 0 amide bonds. The van der Waals surface area contributed by atoms with Crippen LogP contribution in [0.15, 0.2) is 18.2 Å². The average Bonchev–Trinajstić information content (AvgIpc) is 2.48. The number of nitrogens with one attached hydrogen (secondary N) is 2. The van der Waals surface area contributed by atoms with Crippen molar-refractivity contribution in [1.82, 2.24) is 10.6 Å². The van der Waals surface area contributed by atoms with E-state index >= 15 is 0 Å². The van der Waals surface area contributed by atoms with Crippen LogP contribution < -0.4 is 15.4 Å². The van der Waals surface area contributed by atoms with Crippen molar-refractivity contribution in [2.24, 2.45) is 0 Å². The first-order valence-electron chi connectivity index (χ1n) is 7.43. The van der Waals surface area contributed by atoms with Crippen LogP contribution in [0.25, 0.3) is 0 Å². The quantitative estimate of drug-likeness (QED) is 0.826. The fraction of sp³-hybridized carbons (Fsp3) is 0.625. The average molecular weight is 262 g/mol. The third-order valence-electron chi connectivity index (χ3n) is 3.87. The van der Waals surface area contributed by atoms with Crippen molar-refractivity contribution < 1.29 is 4.74 Å². The third kappa shape index (κ3) is 4.22. The van der Waals surface area contributed by atoms with E-state index in [4.69, 9.17) is 4.74 Å². The molecule has 1 aliphatic rings. The van der Waals surface area contributed by atoms with Gasteiger partial charge >= 0.3 is 0 Å². The maximum absolute atomic E-state index is 5.43. The molecule has 2 rings (SSSR count). The molecule has 1 aromatic carbocycles. The lowest BCUT2D eigenvalue weighted by Gasteiger charge is -2.24. The monoisotopic (exact) mass is 262 g/mol. The molecule has 0 saturated carbocycles. The molecule has 1 saturated heterocycles. The van der Waals surface area contributed by atoms with Gasteiger partial charge in [0.05, 0.1) is 7.11 Å². The van der Waals surface area contributed by atoms with Gasteiger partial charge < -0.3 is 15.4 Å². The zero-order chi connectivity index (χ0) is 13.5.